The van der Waals surface area contributed by atoms with Crippen LogP contribution in [0.3, 0.4) is 0 Å². The van der Waals surface area contributed by atoms with Crippen molar-refractivity contribution in [1.82, 2.24) is 5.32 Å². The van der Waals surface area contributed by atoms with Crippen molar-refractivity contribution in [2.24, 2.45) is 0 Å². The van der Waals surface area contributed by atoms with Crippen LogP contribution in [0, 0.1) is 11.6 Å². The van der Waals surface area contributed by atoms with Gasteiger partial charge in [-0.2, -0.15) is 0 Å². The highest BCUT2D eigenvalue weighted by Gasteiger charge is 2.23. The number of nitrogens with two attached hydrogens (primary N) is 1. The van der Waals surface area contributed by atoms with Crippen LogP contribution in [0.1, 0.15) is 11.7 Å². The van der Waals surface area contributed by atoms with Crippen LogP contribution in [0.25, 0.3) is 0 Å². The highest BCUT2D eigenvalue weighted by Crippen LogP contribution is 2.25. The molecule has 4 nitrogen and oxygen atoms in total. The number of nitrogen functional groups attached to an aromatic ring is 1. The molecule has 1 rings (SSSR count). The molecule has 0 aliphatic carbocycles. The molecule has 0 fully saturated rings. The average Bonchev–Trinajstić information content (AvgIpc) is 2.26. The molecule has 0 heterocycles. The summed E-state index contributed by atoms with van der Waals surface area (Å²) in [6.45, 7) is 0.0621. The van der Waals surface area contributed by atoms with Crippen molar-refractivity contribution in [3.05, 3.63) is 29.3 Å². The fourth-order valence-electron chi connectivity index (χ4n) is 1.34. The van der Waals surface area contributed by atoms with Gasteiger partial charge in [-0.1, -0.05) is 6.07 Å². The molecule has 6 heteroatoms. The molecule has 5 N–H and O–H groups in total. The van der Waals surface area contributed by atoms with Crippen LogP contribution in [0.5, 0.6) is 0 Å². The lowest BCUT2D eigenvalue weighted by Crippen LogP contribution is -2.30. The summed E-state index contributed by atoms with van der Waals surface area (Å²) in [6.07, 6.45) is -2.72. The molecule has 0 saturated carbocycles. The first-order valence-corrected chi connectivity index (χ1v) is 4.73. The summed E-state index contributed by atoms with van der Waals surface area (Å²) in [6, 6.07) is 2.29. The number of likely N-dealkylation sites (N-methyl/N-ethyl adjacent to an activating group) is 1. The maximum Gasteiger partial charge on any atom is 0.182 e. The molecule has 0 saturated heterocycles. The Bertz CT molecular complexity index is 374. The van der Waals surface area contributed by atoms with E-state index in [4.69, 9.17) is 5.73 Å². The van der Waals surface area contributed by atoms with E-state index in [9.17, 15) is 19.0 Å². The first-order valence-electron chi connectivity index (χ1n) is 4.73. The number of nitrogens with one attached hydrogen (secondary N) is 1. The van der Waals surface area contributed by atoms with Gasteiger partial charge in [0.2, 0.25) is 0 Å². The fourth-order valence-corrected chi connectivity index (χ4v) is 1.34. The minimum absolute atomic E-state index is 0.0621. The van der Waals surface area contributed by atoms with Crippen LogP contribution in [0.15, 0.2) is 12.1 Å². The number of benzene rings is 1. The summed E-state index contributed by atoms with van der Waals surface area (Å²) in [5.74, 6) is -2.45. The van der Waals surface area contributed by atoms with Gasteiger partial charge < -0.3 is 21.3 Å². The summed E-state index contributed by atoms with van der Waals surface area (Å²) in [5, 5.41) is 21.6. The minimum atomic E-state index is -1.50. The van der Waals surface area contributed by atoms with Crippen molar-refractivity contribution in [3.8, 4) is 0 Å². The summed E-state index contributed by atoms with van der Waals surface area (Å²) >= 11 is 0. The van der Waals surface area contributed by atoms with Gasteiger partial charge in [-0.05, 0) is 13.1 Å². The number of halogens is 2. The molecule has 0 amide bonds. The van der Waals surface area contributed by atoms with E-state index < -0.39 is 23.8 Å². The van der Waals surface area contributed by atoms with E-state index in [1.807, 2.05) is 0 Å². The van der Waals surface area contributed by atoms with Gasteiger partial charge in [0.1, 0.15) is 6.10 Å². The van der Waals surface area contributed by atoms with E-state index in [1.165, 1.54) is 0 Å². The molecule has 90 valence electrons. The Morgan fingerprint density at radius 2 is 1.94 bits per heavy atom. The molecule has 0 aliphatic heterocycles. The number of aliphatic hydroxyl groups excluding tert-OH is 2. The monoisotopic (exact) mass is 232 g/mol. The molecule has 2 atom stereocenters. The number of rotatable bonds is 4. The second kappa shape index (κ2) is 5.20. The van der Waals surface area contributed by atoms with Crippen LogP contribution in [0.2, 0.25) is 0 Å². The van der Waals surface area contributed by atoms with Crippen molar-refractivity contribution in [2.75, 3.05) is 19.3 Å². The third-order valence-corrected chi connectivity index (χ3v) is 2.24. The Balaban J connectivity index is 3.00. The van der Waals surface area contributed by atoms with Crippen LogP contribution >= 0.6 is 0 Å². The normalized spacial score (nSPS) is 14.8. The van der Waals surface area contributed by atoms with E-state index in [0.717, 1.165) is 12.1 Å². The highest BCUT2D eigenvalue weighted by molar-refractivity contribution is 5.43. The smallest absolute Gasteiger partial charge is 0.182 e. The van der Waals surface area contributed by atoms with Gasteiger partial charge in [-0.3, -0.25) is 0 Å². The Morgan fingerprint density at radius 1 is 1.31 bits per heavy atom. The van der Waals surface area contributed by atoms with Gasteiger partial charge in [-0.25, -0.2) is 8.78 Å². The summed E-state index contributed by atoms with van der Waals surface area (Å²) in [5.41, 5.74) is 4.51. The Morgan fingerprint density at radius 3 is 2.50 bits per heavy atom. The van der Waals surface area contributed by atoms with Crippen molar-refractivity contribution in [3.63, 3.8) is 0 Å². The third kappa shape index (κ3) is 2.46. The van der Waals surface area contributed by atoms with Crippen molar-refractivity contribution < 1.29 is 19.0 Å². The molecule has 1 aromatic carbocycles. The van der Waals surface area contributed by atoms with E-state index >= 15 is 0 Å². The number of aliphatic hydroxyl groups is 2. The Kier molecular flexibility index (Phi) is 4.17. The topological polar surface area (TPSA) is 78.5 Å². The molecular formula is C10H14F2N2O2. The van der Waals surface area contributed by atoms with Crippen molar-refractivity contribution in [1.29, 1.82) is 0 Å². The largest absolute Gasteiger partial charge is 0.396 e. The second-order valence-corrected chi connectivity index (χ2v) is 3.44. The molecule has 0 spiro atoms. The summed E-state index contributed by atoms with van der Waals surface area (Å²) < 4.78 is 26.5. The molecule has 16 heavy (non-hydrogen) atoms. The maximum absolute atomic E-state index is 13.4. The Labute approximate surface area is 91.7 Å². The van der Waals surface area contributed by atoms with Gasteiger partial charge >= 0.3 is 0 Å². The molecule has 1 aromatic rings. The zero-order chi connectivity index (χ0) is 12.3. The van der Waals surface area contributed by atoms with Crippen LogP contribution < -0.4 is 11.1 Å². The maximum atomic E-state index is 13.4. The van der Waals surface area contributed by atoms with Crippen molar-refractivity contribution in [2.45, 2.75) is 12.2 Å². The predicted molar refractivity (Wildman–Crippen MR) is 55.7 cm³/mol. The predicted octanol–water partition coefficient (Wildman–Crippen LogP) is 0.161. The van der Waals surface area contributed by atoms with E-state index in [-0.39, 0.29) is 17.8 Å². The van der Waals surface area contributed by atoms with E-state index in [0.29, 0.717) is 0 Å². The molecule has 0 aromatic heterocycles. The highest BCUT2D eigenvalue weighted by atomic mass is 19.2. The van der Waals surface area contributed by atoms with E-state index in [2.05, 4.69) is 5.32 Å². The quantitative estimate of drug-likeness (QED) is 0.558. The minimum Gasteiger partial charge on any atom is -0.396 e. The zero-order valence-electron chi connectivity index (χ0n) is 8.74. The van der Waals surface area contributed by atoms with Gasteiger partial charge in [0, 0.05) is 12.1 Å². The van der Waals surface area contributed by atoms with Gasteiger partial charge in [-0.15, -0.1) is 0 Å². The first kappa shape index (κ1) is 12.8. The standard InChI is InChI=1S/C10H14F2N2O2/c1-14-4-7(15)10(16)5-2-3-6(13)9(12)8(5)11/h2-3,7,10,14-16H,4,13H2,1H3. The molecular weight excluding hydrogens is 218 g/mol. The van der Waals surface area contributed by atoms with Gasteiger partial charge in [0.05, 0.1) is 11.8 Å². The number of hydrogen-bond donors (Lipinski definition) is 4. The lowest BCUT2D eigenvalue weighted by molar-refractivity contribution is 0.0178. The average molecular weight is 232 g/mol. The number of anilines is 1. The SMILES string of the molecule is CNCC(O)C(O)c1ccc(N)c(F)c1F. The van der Waals surface area contributed by atoms with Gasteiger partial charge in [0.25, 0.3) is 0 Å². The first-order chi connectivity index (χ1) is 7.49. The second-order valence-electron chi connectivity index (χ2n) is 3.44. The third-order valence-electron chi connectivity index (χ3n) is 2.24. The lowest BCUT2D eigenvalue weighted by Gasteiger charge is -2.18. The van der Waals surface area contributed by atoms with Crippen LogP contribution in [-0.2, 0) is 0 Å². The molecule has 0 aliphatic rings. The van der Waals surface area contributed by atoms with Crippen molar-refractivity contribution >= 4 is 5.69 Å². The fraction of sp³-hybridized carbons (Fsp3) is 0.400. The van der Waals surface area contributed by atoms with Gasteiger partial charge in [0.15, 0.2) is 11.6 Å². The summed E-state index contributed by atoms with van der Waals surface area (Å²) in [4.78, 5) is 0. The molecule has 0 radical (unpaired) electrons. The van der Waals surface area contributed by atoms with E-state index in [1.54, 1.807) is 7.05 Å². The van der Waals surface area contributed by atoms with Crippen LogP contribution in [-0.4, -0.2) is 29.9 Å². The number of hydrogen-bond acceptors (Lipinski definition) is 4. The zero-order valence-corrected chi connectivity index (χ0v) is 8.74. The summed E-state index contributed by atoms with van der Waals surface area (Å²) in [7, 11) is 1.57. The molecule has 0 bridgehead atoms. The van der Waals surface area contributed by atoms with Crippen LogP contribution in [0.4, 0.5) is 14.5 Å². The molecule has 2 unspecified atom stereocenters. The Hall–Kier alpha value is -1.24. The lowest BCUT2D eigenvalue weighted by atomic mass is 10.0.